The number of para-hydroxylation sites is 1. The molecule has 25 heteroatoms. The van der Waals surface area contributed by atoms with Gasteiger partial charge in [0.2, 0.25) is 11.9 Å². The number of benzene rings is 3. The van der Waals surface area contributed by atoms with Gasteiger partial charge in [-0.1, -0.05) is 12.1 Å². The second kappa shape index (κ2) is 23.0. The van der Waals surface area contributed by atoms with Crippen LogP contribution in [0.1, 0.15) is 77.2 Å². The molecule has 6 aromatic rings. The summed E-state index contributed by atoms with van der Waals surface area (Å²) in [6.07, 6.45) is 3.47. The Balaban J connectivity index is 0.000000188. The minimum Gasteiger partial charge on any atom is -0.378 e. The van der Waals surface area contributed by atoms with Crippen LogP contribution in [0.2, 0.25) is 0 Å². The Labute approximate surface area is 423 Å². The lowest BCUT2D eigenvalue weighted by molar-refractivity contribution is 0.0301. The van der Waals surface area contributed by atoms with Gasteiger partial charge in [-0.25, -0.2) is 4.98 Å². The molecule has 3 aromatic carbocycles. The molecule has 0 unspecified atom stereocenters. The van der Waals surface area contributed by atoms with E-state index in [0.29, 0.717) is 112 Å². The van der Waals surface area contributed by atoms with E-state index in [1.807, 2.05) is 34.1 Å². The number of nitrogens with zero attached hydrogens (tertiary/aromatic N) is 11. The molecule has 73 heavy (non-hydrogen) atoms. The highest BCUT2D eigenvalue weighted by molar-refractivity contribution is 7.20. The number of thiazole rings is 1. The van der Waals surface area contributed by atoms with Crippen LogP contribution >= 0.6 is 11.3 Å². The monoisotopic (exact) mass is 1010 g/mol. The Kier molecular flexibility index (Phi) is 15.8. The van der Waals surface area contributed by atoms with Gasteiger partial charge in [0.05, 0.1) is 36.6 Å². The molecule has 0 aliphatic carbocycles. The van der Waals surface area contributed by atoms with Gasteiger partial charge in [-0.15, -0.1) is 31.7 Å². The Morgan fingerprint density at radius 3 is 1.58 bits per heavy atom. The van der Waals surface area contributed by atoms with Gasteiger partial charge in [0, 0.05) is 86.9 Å². The first kappa shape index (κ1) is 50.0. The highest BCUT2D eigenvalue weighted by Crippen LogP contribution is 2.26. The number of rotatable bonds is 12. The lowest BCUT2D eigenvalue weighted by atomic mass is 10.1. The molecule has 0 spiro atoms. The number of hydrogen-bond donors (Lipinski definition) is 6. The van der Waals surface area contributed by atoms with Crippen molar-refractivity contribution in [2.24, 2.45) is 17.2 Å². The van der Waals surface area contributed by atoms with Gasteiger partial charge in [-0.2, -0.15) is 9.97 Å². The second-order valence-electron chi connectivity index (χ2n) is 17.7. The molecule has 4 fully saturated rings. The Bertz CT molecular complexity index is 2920. The minimum absolute atomic E-state index is 0.0416. The molecule has 0 radical (unpaired) electrons. The molecule has 10 rings (SSSR count). The lowest BCUT2D eigenvalue weighted by Gasteiger charge is -2.32. The quantitative estimate of drug-likeness (QED) is 0.102. The zero-order valence-electron chi connectivity index (χ0n) is 39.8. The molecule has 380 valence electrons. The number of nitrogens with one attached hydrogen (secondary N) is 3. The predicted molar refractivity (Wildman–Crippen MR) is 271 cm³/mol. The van der Waals surface area contributed by atoms with E-state index in [4.69, 9.17) is 26.7 Å². The van der Waals surface area contributed by atoms with E-state index in [1.165, 1.54) is 11.3 Å². The molecular formula is C48H55N17O7S. The van der Waals surface area contributed by atoms with Crippen molar-refractivity contribution in [2.75, 3.05) is 99.2 Å². The number of nitrogens with two attached hydrogens (primary N) is 3. The van der Waals surface area contributed by atoms with Crippen molar-refractivity contribution in [1.82, 2.24) is 50.5 Å². The topological polar surface area (TPSA) is 321 Å². The molecule has 5 amide bonds. The molecule has 4 aliphatic heterocycles. The summed E-state index contributed by atoms with van der Waals surface area (Å²) >= 11 is 1.36. The number of morpholine rings is 2. The number of hydrogen-bond acceptors (Lipinski definition) is 20. The smallest absolute Gasteiger partial charge is 0.280 e. The molecule has 4 saturated heterocycles. The third-order valence-corrected chi connectivity index (χ3v) is 13.5. The summed E-state index contributed by atoms with van der Waals surface area (Å²) in [5, 5.41) is 25.9. The molecule has 2 atom stereocenters. The highest BCUT2D eigenvalue weighted by Gasteiger charge is 2.28. The molecular weight excluding hydrogens is 959 g/mol. The lowest BCUT2D eigenvalue weighted by Crippen LogP contribution is -2.48. The van der Waals surface area contributed by atoms with E-state index in [9.17, 15) is 24.0 Å². The van der Waals surface area contributed by atoms with Crippen LogP contribution in [-0.4, -0.2) is 166 Å². The third kappa shape index (κ3) is 12.4. The van der Waals surface area contributed by atoms with Crippen LogP contribution in [0.3, 0.4) is 0 Å². The van der Waals surface area contributed by atoms with Gasteiger partial charge in [-0.3, -0.25) is 24.0 Å². The number of fused-ring (bicyclic) bond motifs is 1. The number of amides is 5. The van der Waals surface area contributed by atoms with Gasteiger partial charge < -0.3 is 62.2 Å². The van der Waals surface area contributed by atoms with Gasteiger partial charge in [0.15, 0.2) is 28.0 Å². The van der Waals surface area contributed by atoms with Crippen LogP contribution < -0.4 is 43.0 Å². The molecule has 3 aromatic heterocycles. The fourth-order valence-corrected chi connectivity index (χ4v) is 9.53. The molecule has 0 saturated carbocycles. The van der Waals surface area contributed by atoms with E-state index >= 15 is 0 Å². The van der Waals surface area contributed by atoms with Crippen molar-refractivity contribution in [1.29, 1.82) is 0 Å². The summed E-state index contributed by atoms with van der Waals surface area (Å²) in [5.41, 5.74) is 20.1. The number of ether oxygens (including phenoxy) is 2. The Morgan fingerprint density at radius 2 is 1.08 bits per heavy atom. The first-order valence-corrected chi connectivity index (χ1v) is 24.8. The molecule has 0 bridgehead atoms. The minimum atomic E-state index is -0.775. The van der Waals surface area contributed by atoms with Crippen LogP contribution in [0.25, 0.3) is 10.2 Å². The first-order chi connectivity index (χ1) is 35.4. The zero-order valence-corrected chi connectivity index (χ0v) is 40.6. The third-order valence-electron chi connectivity index (χ3n) is 12.5. The summed E-state index contributed by atoms with van der Waals surface area (Å²) in [4.78, 5) is 83.1. The Hall–Kier alpha value is -8.00. The van der Waals surface area contributed by atoms with E-state index in [-0.39, 0.29) is 52.8 Å². The van der Waals surface area contributed by atoms with E-state index in [0.717, 1.165) is 42.4 Å². The largest absolute Gasteiger partial charge is 0.378 e. The first-order valence-electron chi connectivity index (χ1n) is 23.9. The summed E-state index contributed by atoms with van der Waals surface area (Å²) in [6, 6.07) is 21.4. The maximum atomic E-state index is 12.9. The van der Waals surface area contributed by atoms with E-state index in [1.54, 1.807) is 58.3 Å². The molecule has 7 heterocycles. The number of carbonyl (C=O) groups is 5. The fourth-order valence-electron chi connectivity index (χ4n) is 8.66. The normalized spacial score (nSPS) is 18.0. The van der Waals surface area contributed by atoms with Crippen molar-refractivity contribution < 1.29 is 33.4 Å². The van der Waals surface area contributed by atoms with Gasteiger partial charge in [0.25, 0.3) is 29.5 Å². The van der Waals surface area contributed by atoms with Gasteiger partial charge in [-0.05, 0) is 86.3 Å². The van der Waals surface area contributed by atoms with Crippen molar-refractivity contribution in [3.63, 3.8) is 0 Å². The van der Waals surface area contributed by atoms with Crippen LogP contribution in [0.4, 0.5) is 34.9 Å². The number of anilines is 6. The maximum absolute atomic E-state index is 12.9. The zero-order chi connectivity index (χ0) is 50.8. The van der Waals surface area contributed by atoms with Crippen molar-refractivity contribution in [2.45, 2.75) is 37.8 Å². The standard InChI is InChI=1S/C28H29N9O4S.C20H26N8O3/c29-23(38)22-24(30-18-9-7-17(8-10-18)27(40)36-12-14-41-15-13-36)33-28(35-34-22)37-11-3-4-19(16-37)31-25(39)26-32-20-5-1-2-6-21(20)42-26;21-14-2-1-7-28(12-14)20-24-18(16(17(22)29)25-26-20)23-15-5-3-13(4-6-15)19(30)27-8-10-31-11-9-27/h1-2,5-10,19H,3-4,11-16H2,(H2,29,38)(H,31,39)(H,30,33,35);3-6,14H,1-2,7-12,21H2,(H2,22,29)(H,23,24,26)/t19-;14-/m11/s1. The van der Waals surface area contributed by atoms with Crippen molar-refractivity contribution >= 4 is 86.0 Å². The fraction of sp³-hybridized carbons (Fsp3) is 0.375. The summed E-state index contributed by atoms with van der Waals surface area (Å²) in [7, 11) is 0. The highest BCUT2D eigenvalue weighted by atomic mass is 32.1. The summed E-state index contributed by atoms with van der Waals surface area (Å²) < 4.78 is 11.6. The number of carbonyl (C=O) groups excluding carboxylic acids is 5. The maximum Gasteiger partial charge on any atom is 0.280 e. The number of primary amides is 2. The average Bonchev–Trinajstić information content (AvgIpc) is 3.87. The van der Waals surface area contributed by atoms with Crippen molar-refractivity contribution in [3.8, 4) is 0 Å². The Morgan fingerprint density at radius 1 is 0.589 bits per heavy atom. The molecule has 4 aliphatic rings. The molecule has 24 nitrogen and oxygen atoms in total. The van der Waals surface area contributed by atoms with Crippen LogP contribution in [-0.2, 0) is 9.47 Å². The van der Waals surface area contributed by atoms with Gasteiger partial charge in [0.1, 0.15) is 0 Å². The van der Waals surface area contributed by atoms with E-state index in [2.05, 4.69) is 51.3 Å². The SMILES string of the molecule is NC(=O)c1nnc(N2CCC[C@@H](N)C2)nc1Nc1ccc(C(=O)N2CCOCC2)cc1.NC(=O)c1nnc(N2CCC[C@@H](NC(=O)c3nc4ccccc4s3)C2)nc1Nc1ccc(C(=O)N2CCOCC2)cc1. The number of aromatic nitrogens is 7. The van der Waals surface area contributed by atoms with Crippen LogP contribution in [0.15, 0.2) is 72.8 Å². The van der Waals surface area contributed by atoms with E-state index < -0.39 is 11.8 Å². The summed E-state index contributed by atoms with van der Waals surface area (Å²) in [5.74, 6) is -0.773. The molecule has 9 N–H and O–H groups in total. The second-order valence-corrected chi connectivity index (χ2v) is 18.7. The van der Waals surface area contributed by atoms with Gasteiger partial charge >= 0.3 is 0 Å². The predicted octanol–water partition coefficient (Wildman–Crippen LogP) is 2.31. The summed E-state index contributed by atoms with van der Waals surface area (Å²) in [6.45, 7) is 6.92. The van der Waals surface area contributed by atoms with Crippen molar-refractivity contribution in [3.05, 3.63) is 100 Å². The average molecular weight is 1010 g/mol. The van der Waals surface area contributed by atoms with Crippen LogP contribution in [0.5, 0.6) is 0 Å². The van der Waals surface area contributed by atoms with Crippen LogP contribution in [0, 0.1) is 0 Å². The number of piperidine rings is 2.